The zero-order chi connectivity index (χ0) is 15.6. The van der Waals surface area contributed by atoms with Gasteiger partial charge in [0.25, 0.3) is 5.91 Å². The zero-order valence-corrected chi connectivity index (χ0v) is 13.8. The van der Waals surface area contributed by atoms with Crippen molar-refractivity contribution in [3.8, 4) is 0 Å². The average molecular weight is 392 g/mol. The van der Waals surface area contributed by atoms with Crippen molar-refractivity contribution >= 4 is 51.2 Å². The fourth-order valence-corrected chi connectivity index (χ4v) is 3.39. The summed E-state index contributed by atoms with van der Waals surface area (Å²) in [6, 6.07) is 5.75. The average Bonchev–Trinajstić information content (AvgIpc) is 2.74. The van der Waals surface area contributed by atoms with Crippen LogP contribution in [0.4, 0.5) is 5.13 Å². The SMILES string of the molecule is Nc1nc(C(=O)NCc2ccc(P(=O)(O)O)cc2)c(Br)s1. The van der Waals surface area contributed by atoms with Gasteiger partial charge in [0.05, 0.1) is 5.30 Å². The van der Waals surface area contributed by atoms with E-state index in [0.717, 1.165) is 11.3 Å². The Morgan fingerprint density at radius 2 is 2.00 bits per heavy atom. The summed E-state index contributed by atoms with van der Waals surface area (Å²) >= 11 is 4.36. The molecule has 112 valence electrons. The molecule has 0 aliphatic heterocycles. The van der Waals surface area contributed by atoms with Gasteiger partial charge in [0.2, 0.25) is 0 Å². The lowest BCUT2D eigenvalue weighted by Crippen LogP contribution is -2.23. The minimum Gasteiger partial charge on any atom is -0.375 e. The second kappa shape index (κ2) is 6.25. The van der Waals surface area contributed by atoms with Crippen LogP contribution in [0, 0.1) is 0 Å². The molecule has 2 rings (SSSR count). The van der Waals surface area contributed by atoms with Crippen LogP contribution in [0.15, 0.2) is 28.1 Å². The minimum atomic E-state index is -4.24. The van der Waals surface area contributed by atoms with E-state index < -0.39 is 7.60 Å². The number of hydrogen-bond acceptors (Lipinski definition) is 5. The molecular weight excluding hydrogens is 381 g/mol. The van der Waals surface area contributed by atoms with Gasteiger partial charge in [-0.25, -0.2) is 4.98 Å². The molecule has 1 aromatic heterocycles. The van der Waals surface area contributed by atoms with E-state index in [2.05, 4.69) is 26.2 Å². The van der Waals surface area contributed by atoms with E-state index in [-0.39, 0.29) is 28.6 Å². The molecule has 5 N–H and O–H groups in total. The van der Waals surface area contributed by atoms with Gasteiger partial charge in [-0.15, -0.1) is 0 Å². The van der Waals surface area contributed by atoms with E-state index >= 15 is 0 Å². The van der Waals surface area contributed by atoms with Gasteiger partial charge in [0.15, 0.2) is 10.8 Å². The van der Waals surface area contributed by atoms with Gasteiger partial charge >= 0.3 is 7.60 Å². The van der Waals surface area contributed by atoms with Gasteiger partial charge in [0, 0.05) is 6.54 Å². The molecule has 0 atom stereocenters. The molecule has 0 fully saturated rings. The van der Waals surface area contributed by atoms with Crippen LogP contribution in [0.2, 0.25) is 0 Å². The molecule has 10 heteroatoms. The number of aromatic nitrogens is 1. The molecule has 7 nitrogen and oxygen atoms in total. The van der Waals surface area contributed by atoms with E-state index in [1.165, 1.54) is 12.1 Å². The summed E-state index contributed by atoms with van der Waals surface area (Å²) in [5.74, 6) is -0.381. The highest BCUT2D eigenvalue weighted by Crippen LogP contribution is 2.32. The van der Waals surface area contributed by atoms with Crippen molar-refractivity contribution in [2.45, 2.75) is 6.54 Å². The van der Waals surface area contributed by atoms with Gasteiger partial charge < -0.3 is 20.8 Å². The lowest BCUT2D eigenvalue weighted by Gasteiger charge is -2.06. The molecule has 0 aliphatic rings. The Labute approximate surface area is 132 Å². The van der Waals surface area contributed by atoms with Crippen molar-refractivity contribution in [2.24, 2.45) is 0 Å². The molecule has 0 saturated heterocycles. The van der Waals surface area contributed by atoms with E-state index in [0.29, 0.717) is 9.35 Å². The van der Waals surface area contributed by atoms with Crippen molar-refractivity contribution in [1.82, 2.24) is 10.3 Å². The molecule has 21 heavy (non-hydrogen) atoms. The van der Waals surface area contributed by atoms with Crippen molar-refractivity contribution < 1.29 is 19.1 Å². The van der Waals surface area contributed by atoms with Crippen LogP contribution in [-0.4, -0.2) is 20.7 Å². The van der Waals surface area contributed by atoms with Gasteiger partial charge in [0.1, 0.15) is 3.79 Å². The maximum atomic E-state index is 11.9. The van der Waals surface area contributed by atoms with E-state index in [9.17, 15) is 9.36 Å². The molecular formula is C11H11BrN3O4PS. The minimum absolute atomic E-state index is 0.0624. The van der Waals surface area contributed by atoms with Crippen molar-refractivity contribution in [1.29, 1.82) is 0 Å². The summed E-state index contributed by atoms with van der Waals surface area (Å²) in [4.78, 5) is 33.8. The number of nitrogen functional groups attached to an aromatic ring is 1. The summed E-state index contributed by atoms with van der Waals surface area (Å²) < 4.78 is 11.6. The molecule has 1 heterocycles. The summed E-state index contributed by atoms with van der Waals surface area (Å²) in [7, 11) is -4.24. The molecule has 2 aromatic rings. The van der Waals surface area contributed by atoms with E-state index in [4.69, 9.17) is 15.5 Å². The zero-order valence-electron chi connectivity index (χ0n) is 10.5. The molecule has 0 unspecified atom stereocenters. The molecule has 0 radical (unpaired) electrons. The highest BCUT2D eigenvalue weighted by Gasteiger charge is 2.17. The Hall–Kier alpha value is -1.25. The third-order valence-electron chi connectivity index (χ3n) is 2.54. The Bertz CT molecular complexity index is 713. The van der Waals surface area contributed by atoms with Gasteiger partial charge in [-0.05, 0) is 33.6 Å². The molecule has 0 spiro atoms. The quantitative estimate of drug-likeness (QED) is 0.580. The molecule has 0 bridgehead atoms. The van der Waals surface area contributed by atoms with Crippen LogP contribution in [0.5, 0.6) is 0 Å². The number of carbonyl (C=O) groups excluding carboxylic acids is 1. The van der Waals surface area contributed by atoms with Crippen molar-refractivity contribution in [3.63, 3.8) is 0 Å². The number of nitrogens with zero attached hydrogens (tertiary/aromatic N) is 1. The van der Waals surface area contributed by atoms with Crippen LogP contribution >= 0.6 is 34.9 Å². The number of nitrogens with two attached hydrogens (primary N) is 1. The van der Waals surface area contributed by atoms with E-state index in [1.807, 2.05) is 0 Å². The lowest BCUT2D eigenvalue weighted by atomic mass is 10.2. The number of carbonyl (C=O) groups is 1. The highest BCUT2D eigenvalue weighted by molar-refractivity contribution is 9.11. The maximum absolute atomic E-state index is 11.9. The van der Waals surface area contributed by atoms with Crippen LogP contribution in [0.3, 0.4) is 0 Å². The van der Waals surface area contributed by atoms with Crippen LogP contribution < -0.4 is 16.4 Å². The highest BCUT2D eigenvalue weighted by atomic mass is 79.9. The Balaban J connectivity index is 2.02. The number of nitrogens with one attached hydrogen (secondary N) is 1. The monoisotopic (exact) mass is 391 g/mol. The standard InChI is InChI=1S/C11H11BrN3O4PS/c12-9-8(15-11(13)21-9)10(16)14-5-6-1-3-7(4-2-6)20(17,18)19/h1-4H,5H2,(H2,13,15)(H,14,16)(H2,17,18,19). The van der Waals surface area contributed by atoms with Gasteiger partial charge in [-0.2, -0.15) is 0 Å². The largest absolute Gasteiger partial charge is 0.375 e. The summed E-state index contributed by atoms with van der Waals surface area (Å²) in [6.45, 7) is 0.212. The second-order valence-electron chi connectivity index (χ2n) is 4.07. The van der Waals surface area contributed by atoms with Crippen LogP contribution in [-0.2, 0) is 11.1 Å². The molecule has 0 saturated carbocycles. The summed E-state index contributed by atoms with van der Waals surface area (Å²) in [6.07, 6.45) is 0. The first-order valence-electron chi connectivity index (χ1n) is 5.62. The number of benzene rings is 1. The Morgan fingerprint density at radius 1 is 1.38 bits per heavy atom. The third kappa shape index (κ3) is 4.12. The first-order chi connectivity index (χ1) is 9.77. The normalized spacial score (nSPS) is 11.4. The predicted octanol–water partition coefficient (Wildman–Crippen LogP) is 1.22. The first kappa shape index (κ1) is 16.1. The van der Waals surface area contributed by atoms with E-state index in [1.54, 1.807) is 12.1 Å². The number of rotatable bonds is 4. The number of anilines is 1. The first-order valence-corrected chi connectivity index (χ1v) is 8.84. The third-order valence-corrected chi connectivity index (χ3v) is 5.05. The number of thiazole rings is 1. The number of amides is 1. The van der Waals surface area contributed by atoms with Crippen molar-refractivity contribution in [3.05, 3.63) is 39.3 Å². The predicted molar refractivity (Wildman–Crippen MR) is 83.5 cm³/mol. The summed E-state index contributed by atoms with van der Waals surface area (Å²) in [5.41, 5.74) is 6.43. The fraction of sp³-hybridized carbons (Fsp3) is 0.0909. The van der Waals surface area contributed by atoms with Crippen molar-refractivity contribution in [2.75, 3.05) is 5.73 Å². The molecule has 1 aromatic carbocycles. The topological polar surface area (TPSA) is 126 Å². The molecule has 0 aliphatic carbocycles. The van der Waals surface area contributed by atoms with Crippen LogP contribution in [0.25, 0.3) is 0 Å². The fourth-order valence-electron chi connectivity index (χ4n) is 1.53. The smallest absolute Gasteiger partial charge is 0.356 e. The Morgan fingerprint density at radius 3 is 2.48 bits per heavy atom. The Kier molecular flexibility index (Phi) is 4.80. The van der Waals surface area contributed by atoms with Crippen LogP contribution in [0.1, 0.15) is 16.1 Å². The second-order valence-corrected chi connectivity index (χ2v) is 8.02. The summed E-state index contributed by atoms with van der Waals surface area (Å²) in [5, 5.41) is 2.88. The number of hydrogen-bond donors (Lipinski definition) is 4. The van der Waals surface area contributed by atoms with Gasteiger partial charge in [-0.1, -0.05) is 23.5 Å². The molecule has 1 amide bonds. The van der Waals surface area contributed by atoms with Gasteiger partial charge in [-0.3, -0.25) is 9.36 Å². The number of halogens is 1. The maximum Gasteiger partial charge on any atom is 0.356 e. The lowest BCUT2D eigenvalue weighted by molar-refractivity contribution is 0.0946.